The molecule has 0 aliphatic carbocycles. The van der Waals surface area contributed by atoms with Crippen molar-refractivity contribution in [2.75, 3.05) is 13.7 Å². The molecular formula is C10H13BrO3. The number of aryl methyl sites for hydroxylation is 1. The number of aliphatic hydroxyl groups excluding tert-OH is 1. The second kappa shape index (κ2) is 5.22. The predicted octanol–water partition coefficient (Wildman–Crippen LogP) is 2.09. The van der Waals surface area contributed by atoms with Gasteiger partial charge in [0.25, 0.3) is 0 Å². The summed E-state index contributed by atoms with van der Waals surface area (Å²) in [6.07, 6.45) is 1.42. The van der Waals surface area contributed by atoms with Crippen LogP contribution >= 0.6 is 15.9 Å². The minimum absolute atomic E-state index is 0.128. The zero-order valence-electron chi connectivity index (χ0n) is 7.96. The lowest BCUT2D eigenvalue weighted by atomic mass is 10.1. The molecule has 0 spiro atoms. The van der Waals surface area contributed by atoms with Gasteiger partial charge in [0, 0.05) is 11.1 Å². The third kappa shape index (κ3) is 2.62. The van der Waals surface area contributed by atoms with Crippen molar-refractivity contribution in [2.45, 2.75) is 12.8 Å². The molecule has 0 radical (unpaired) electrons. The highest BCUT2D eigenvalue weighted by Gasteiger charge is 2.07. The van der Waals surface area contributed by atoms with E-state index in [1.807, 2.05) is 0 Å². The Morgan fingerprint density at radius 2 is 2.14 bits per heavy atom. The minimum atomic E-state index is 0.128. The monoisotopic (exact) mass is 260 g/mol. The Labute approximate surface area is 91.5 Å². The Hall–Kier alpha value is -0.740. The highest BCUT2D eigenvalue weighted by atomic mass is 79.9. The molecule has 0 unspecified atom stereocenters. The van der Waals surface area contributed by atoms with Crippen molar-refractivity contribution in [2.24, 2.45) is 0 Å². The number of aliphatic hydroxyl groups is 1. The number of phenolic OH excluding ortho intramolecular Hbond substituents is 1. The fourth-order valence-corrected chi connectivity index (χ4v) is 1.73. The standard InChI is InChI=1S/C10H13BrO3/c1-14-10-6-8(11)7(3-2-4-12)5-9(10)13/h5-6,12-13H,2-4H2,1H3. The third-order valence-corrected chi connectivity index (χ3v) is 2.69. The number of phenols is 1. The number of halogens is 1. The van der Waals surface area contributed by atoms with Crippen LogP contribution < -0.4 is 4.74 Å². The van der Waals surface area contributed by atoms with Crippen molar-refractivity contribution in [1.29, 1.82) is 0 Å². The number of ether oxygens (including phenoxy) is 1. The van der Waals surface area contributed by atoms with Crippen LogP contribution in [0.15, 0.2) is 16.6 Å². The maximum absolute atomic E-state index is 9.51. The predicted molar refractivity (Wildman–Crippen MR) is 57.8 cm³/mol. The van der Waals surface area contributed by atoms with Crippen LogP contribution in [0.3, 0.4) is 0 Å². The van der Waals surface area contributed by atoms with E-state index in [2.05, 4.69) is 15.9 Å². The van der Waals surface area contributed by atoms with Gasteiger partial charge < -0.3 is 14.9 Å². The molecule has 0 atom stereocenters. The van der Waals surface area contributed by atoms with Gasteiger partial charge in [-0.2, -0.15) is 0 Å². The maximum atomic E-state index is 9.51. The van der Waals surface area contributed by atoms with Crippen molar-refractivity contribution in [3.63, 3.8) is 0 Å². The van der Waals surface area contributed by atoms with Gasteiger partial charge in [0.2, 0.25) is 0 Å². The second-order valence-corrected chi connectivity index (χ2v) is 3.80. The van der Waals surface area contributed by atoms with E-state index >= 15 is 0 Å². The largest absolute Gasteiger partial charge is 0.504 e. The summed E-state index contributed by atoms with van der Waals surface area (Å²) in [6.45, 7) is 0.152. The molecule has 1 aromatic rings. The van der Waals surface area contributed by atoms with Crippen molar-refractivity contribution < 1.29 is 14.9 Å². The first-order valence-electron chi connectivity index (χ1n) is 4.35. The molecule has 0 saturated heterocycles. The molecule has 0 aliphatic rings. The SMILES string of the molecule is COc1cc(Br)c(CCCO)cc1O. The van der Waals surface area contributed by atoms with Gasteiger partial charge in [-0.15, -0.1) is 0 Å². The fraction of sp³-hybridized carbons (Fsp3) is 0.400. The Morgan fingerprint density at radius 3 is 2.71 bits per heavy atom. The molecule has 2 N–H and O–H groups in total. The Kier molecular flexibility index (Phi) is 4.22. The van der Waals surface area contributed by atoms with E-state index in [0.29, 0.717) is 12.2 Å². The number of benzene rings is 1. The molecule has 0 aliphatic heterocycles. The average Bonchev–Trinajstić information content (AvgIpc) is 2.18. The molecule has 1 rings (SSSR count). The van der Waals surface area contributed by atoms with Crippen molar-refractivity contribution in [1.82, 2.24) is 0 Å². The molecule has 0 saturated carbocycles. The van der Waals surface area contributed by atoms with Gasteiger partial charge in [0.05, 0.1) is 7.11 Å². The van der Waals surface area contributed by atoms with Crippen LogP contribution in [0.4, 0.5) is 0 Å². The summed E-state index contributed by atoms with van der Waals surface area (Å²) in [5.74, 6) is 0.577. The zero-order chi connectivity index (χ0) is 10.6. The van der Waals surface area contributed by atoms with Gasteiger partial charge in [-0.05, 0) is 30.5 Å². The van der Waals surface area contributed by atoms with E-state index in [-0.39, 0.29) is 12.4 Å². The van der Waals surface area contributed by atoms with Gasteiger partial charge >= 0.3 is 0 Å². The topological polar surface area (TPSA) is 49.7 Å². The first-order chi connectivity index (χ1) is 6.69. The zero-order valence-corrected chi connectivity index (χ0v) is 9.54. The van der Waals surface area contributed by atoms with Crippen LogP contribution in [0.1, 0.15) is 12.0 Å². The Balaban J connectivity index is 2.90. The van der Waals surface area contributed by atoms with Gasteiger partial charge in [-0.3, -0.25) is 0 Å². The molecule has 3 nitrogen and oxygen atoms in total. The van der Waals surface area contributed by atoms with Gasteiger partial charge in [0.1, 0.15) is 0 Å². The molecule has 0 bridgehead atoms. The number of rotatable bonds is 4. The van der Waals surface area contributed by atoms with E-state index in [0.717, 1.165) is 16.5 Å². The third-order valence-electron chi connectivity index (χ3n) is 1.95. The van der Waals surface area contributed by atoms with Gasteiger partial charge in [0.15, 0.2) is 11.5 Å². The maximum Gasteiger partial charge on any atom is 0.161 e. The van der Waals surface area contributed by atoms with Crippen LogP contribution in [0.5, 0.6) is 11.5 Å². The second-order valence-electron chi connectivity index (χ2n) is 2.94. The summed E-state index contributed by atoms with van der Waals surface area (Å²) in [5, 5.41) is 18.2. The molecule has 0 amide bonds. The minimum Gasteiger partial charge on any atom is -0.504 e. The summed E-state index contributed by atoms with van der Waals surface area (Å²) < 4.78 is 5.85. The number of hydrogen-bond acceptors (Lipinski definition) is 3. The molecule has 0 aromatic heterocycles. The van der Waals surface area contributed by atoms with E-state index in [9.17, 15) is 5.11 Å². The molecule has 0 heterocycles. The van der Waals surface area contributed by atoms with E-state index in [1.165, 1.54) is 7.11 Å². The summed E-state index contributed by atoms with van der Waals surface area (Å²) >= 11 is 3.38. The highest BCUT2D eigenvalue weighted by molar-refractivity contribution is 9.10. The molecule has 0 fully saturated rings. The lowest BCUT2D eigenvalue weighted by Crippen LogP contribution is -1.92. The van der Waals surface area contributed by atoms with E-state index in [1.54, 1.807) is 12.1 Å². The first kappa shape index (κ1) is 11.3. The van der Waals surface area contributed by atoms with Crippen LogP contribution in [-0.2, 0) is 6.42 Å². The smallest absolute Gasteiger partial charge is 0.161 e. The van der Waals surface area contributed by atoms with Crippen molar-refractivity contribution >= 4 is 15.9 Å². The van der Waals surface area contributed by atoms with Crippen LogP contribution in [0, 0.1) is 0 Å². The number of hydrogen-bond donors (Lipinski definition) is 2. The molecule has 14 heavy (non-hydrogen) atoms. The fourth-order valence-electron chi connectivity index (χ4n) is 1.21. The molecule has 78 valence electrons. The summed E-state index contributed by atoms with van der Waals surface area (Å²) in [5.41, 5.74) is 0.970. The van der Waals surface area contributed by atoms with Crippen LogP contribution in [0.2, 0.25) is 0 Å². The lowest BCUT2D eigenvalue weighted by Gasteiger charge is -2.08. The summed E-state index contributed by atoms with van der Waals surface area (Å²) in [6, 6.07) is 3.38. The molecule has 1 aromatic carbocycles. The lowest BCUT2D eigenvalue weighted by molar-refractivity contribution is 0.288. The van der Waals surface area contributed by atoms with Crippen molar-refractivity contribution in [3.05, 3.63) is 22.2 Å². The average molecular weight is 261 g/mol. The summed E-state index contributed by atoms with van der Waals surface area (Å²) in [4.78, 5) is 0. The number of aromatic hydroxyl groups is 1. The van der Waals surface area contributed by atoms with E-state index in [4.69, 9.17) is 9.84 Å². The number of methoxy groups -OCH3 is 1. The Bertz CT molecular complexity index is 312. The van der Waals surface area contributed by atoms with E-state index < -0.39 is 0 Å². The molecular weight excluding hydrogens is 248 g/mol. The Morgan fingerprint density at radius 1 is 1.43 bits per heavy atom. The van der Waals surface area contributed by atoms with Gasteiger partial charge in [-0.1, -0.05) is 15.9 Å². The first-order valence-corrected chi connectivity index (χ1v) is 5.14. The highest BCUT2D eigenvalue weighted by Crippen LogP contribution is 2.32. The normalized spacial score (nSPS) is 10.2. The van der Waals surface area contributed by atoms with Gasteiger partial charge in [-0.25, -0.2) is 0 Å². The van der Waals surface area contributed by atoms with Crippen molar-refractivity contribution in [3.8, 4) is 11.5 Å². The molecule has 4 heteroatoms. The van der Waals surface area contributed by atoms with Crippen LogP contribution in [-0.4, -0.2) is 23.9 Å². The quantitative estimate of drug-likeness (QED) is 0.872. The van der Waals surface area contributed by atoms with Crippen LogP contribution in [0.25, 0.3) is 0 Å². The summed E-state index contributed by atoms with van der Waals surface area (Å²) in [7, 11) is 1.51.